The number of nitrogens with zero attached hydrogens (tertiary/aromatic N) is 4. The molecule has 0 radical (unpaired) electrons. The highest BCUT2D eigenvalue weighted by Crippen LogP contribution is 2.33. The fourth-order valence-electron chi connectivity index (χ4n) is 5.06. The van der Waals surface area contributed by atoms with Gasteiger partial charge in [-0.3, -0.25) is 14.5 Å². The van der Waals surface area contributed by atoms with E-state index >= 15 is 0 Å². The van der Waals surface area contributed by atoms with Crippen molar-refractivity contribution < 1.29 is 9.59 Å². The Kier molecular flexibility index (Phi) is 8.10. The molecule has 0 saturated carbocycles. The van der Waals surface area contributed by atoms with Crippen molar-refractivity contribution in [2.45, 2.75) is 39.3 Å². The van der Waals surface area contributed by atoms with Crippen molar-refractivity contribution in [2.24, 2.45) is 12.8 Å². The molecule has 0 atom stereocenters. The molecule has 2 aromatic carbocycles. The van der Waals surface area contributed by atoms with Crippen LogP contribution < -0.4 is 10.6 Å². The Morgan fingerprint density at radius 3 is 2.19 bits per heavy atom. The van der Waals surface area contributed by atoms with Crippen LogP contribution in [0.1, 0.15) is 53.1 Å². The van der Waals surface area contributed by atoms with Crippen molar-refractivity contribution in [3.05, 3.63) is 83.7 Å². The Balaban J connectivity index is 1.58. The van der Waals surface area contributed by atoms with E-state index in [1.807, 2.05) is 61.2 Å². The number of likely N-dealkylation sites (tertiary alicyclic amines) is 1. The van der Waals surface area contributed by atoms with Gasteiger partial charge < -0.3 is 20.1 Å². The Morgan fingerprint density at radius 2 is 1.61 bits per heavy atom. The molecule has 2 amide bonds. The van der Waals surface area contributed by atoms with Gasteiger partial charge in [0.15, 0.2) is 0 Å². The fraction of sp³-hybridized carbons (Fsp3) is 0.379. The summed E-state index contributed by atoms with van der Waals surface area (Å²) < 4.78 is 2.18. The largest absolute Gasteiger partial charge is 0.366 e. The maximum Gasteiger partial charge on any atom is 0.253 e. The monoisotopic (exact) mass is 487 g/mol. The Bertz CT molecular complexity index is 1170. The first-order valence-corrected chi connectivity index (χ1v) is 12.8. The minimum absolute atomic E-state index is 0.0443. The minimum Gasteiger partial charge on any atom is -0.366 e. The van der Waals surface area contributed by atoms with Gasteiger partial charge in [0.2, 0.25) is 5.91 Å². The van der Waals surface area contributed by atoms with E-state index in [1.54, 1.807) is 6.07 Å². The van der Waals surface area contributed by atoms with Crippen LogP contribution in [0.2, 0.25) is 0 Å². The highest BCUT2D eigenvalue weighted by molar-refractivity contribution is 5.95. The third-order valence-corrected chi connectivity index (χ3v) is 7.21. The van der Waals surface area contributed by atoms with Crippen LogP contribution in [0.5, 0.6) is 0 Å². The maximum absolute atomic E-state index is 12.8. The first kappa shape index (κ1) is 25.5. The van der Waals surface area contributed by atoms with Gasteiger partial charge >= 0.3 is 0 Å². The number of hydrogen-bond donors (Lipinski definition) is 1. The average Bonchev–Trinajstić information content (AvgIpc) is 3.30. The van der Waals surface area contributed by atoms with Gasteiger partial charge in [-0.15, -0.1) is 0 Å². The Morgan fingerprint density at radius 1 is 0.917 bits per heavy atom. The highest BCUT2D eigenvalue weighted by atomic mass is 16.2. The molecule has 1 aliphatic rings. The van der Waals surface area contributed by atoms with Gasteiger partial charge in [0.05, 0.1) is 0 Å². The lowest BCUT2D eigenvalue weighted by molar-refractivity contribution is 0.0772. The summed E-state index contributed by atoms with van der Waals surface area (Å²) >= 11 is 0. The summed E-state index contributed by atoms with van der Waals surface area (Å²) in [5.74, 6) is -0.392. The van der Waals surface area contributed by atoms with Crippen molar-refractivity contribution in [3.8, 4) is 0 Å². The molecule has 4 rings (SSSR count). The number of benzene rings is 2. The Hall–Kier alpha value is -3.58. The third kappa shape index (κ3) is 5.62. The van der Waals surface area contributed by atoms with Gasteiger partial charge in [-0.1, -0.05) is 6.07 Å². The van der Waals surface area contributed by atoms with E-state index < -0.39 is 5.91 Å². The number of anilines is 2. The molecular weight excluding hydrogens is 450 g/mol. The second-order valence-electron chi connectivity index (χ2n) is 9.43. The van der Waals surface area contributed by atoms with Gasteiger partial charge in [-0.05, 0) is 81.3 Å². The number of carbonyl (C=O) groups excluding carboxylic acids is 2. The summed E-state index contributed by atoms with van der Waals surface area (Å²) in [7, 11) is 2.09. The number of aryl methyl sites for hydroxylation is 1. The van der Waals surface area contributed by atoms with Gasteiger partial charge in [-0.25, -0.2) is 0 Å². The molecule has 1 saturated heterocycles. The summed E-state index contributed by atoms with van der Waals surface area (Å²) in [6.07, 6.45) is 4.07. The summed E-state index contributed by atoms with van der Waals surface area (Å²) in [5, 5.41) is 0. The van der Waals surface area contributed by atoms with E-state index in [0.29, 0.717) is 24.2 Å². The molecule has 36 heavy (non-hydrogen) atoms. The predicted molar refractivity (Wildman–Crippen MR) is 145 cm³/mol. The SMILES string of the molecule is CCN(CC)C(=O)c1ccc(N(c2cccc(C(N)=O)c2)C2CCN(Cc3cccn3C)CC2)cc1. The molecule has 0 aliphatic carbocycles. The lowest BCUT2D eigenvalue weighted by atomic mass is 10.00. The van der Waals surface area contributed by atoms with Crippen molar-refractivity contribution in [1.82, 2.24) is 14.4 Å². The zero-order chi connectivity index (χ0) is 25.7. The fourth-order valence-corrected chi connectivity index (χ4v) is 5.06. The predicted octanol–water partition coefficient (Wildman–Crippen LogP) is 4.41. The topological polar surface area (TPSA) is 74.8 Å². The molecular formula is C29H37N5O2. The first-order valence-electron chi connectivity index (χ1n) is 12.8. The number of piperidine rings is 1. The van der Waals surface area contributed by atoms with Crippen LogP contribution in [0, 0.1) is 0 Å². The molecule has 2 heterocycles. The van der Waals surface area contributed by atoms with Crippen LogP contribution in [-0.2, 0) is 13.6 Å². The quantitative estimate of drug-likeness (QED) is 0.485. The van der Waals surface area contributed by atoms with Gasteiger partial charge in [0.1, 0.15) is 0 Å². The van der Waals surface area contributed by atoms with Crippen LogP contribution >= 0.6 is 0 Å². The number of hydrogen-bond acceptors (Lipinski definition) is 4. The summed E-state index contributed by atoms with van der Waals surface area (Å²) in [5.41, 5.74) is 10.0. The van der Waals surface area contributed by atoms with Gasteiger partial charge in [-0.2, -0.15) is 0 Å². The number of nitrogens with two attached hydrogens (primary N) is 1. The smallest absolute Gasteiger partial charge is 0.253 e. The number of rotatable bonds is 9. The third-order valence-electron chi connectivity index (χ3n) is 7.21. The summed E-state index contributed by atoms with van der Waals surface area (Å²) in [6, 6.07) is 19.9. The zero-order valence-electron chi connectivity index (χ0n) is 21.6. The van der Waals surface area contributed by atoms with Crippen LogP contribution in [-0.4, -0.2) is 58.4 Å². The molecule has 1 aromatic heterocycles. The lowest BCUT2D eigenvalue weighted by Crippen LogP contribution is -2.43. The van der Waals surface area contributed by atoms with E-state index in [1.165, 1.54) is 5.69 Å². The van der Waals surface area contributed by atoms with Crippen LogP contribution in [0.25, 0.3) is 0 Å². The Labute approximate surface area is 214 Å². The first-order chi connectivity index (χ1) is 17.4. The molecule has 0 bridgehead atoms. The van der Waals surface area contributed by atoms with Crippen LogP contribution in [0.15, 0.2) is 66.9 Å². The maximum atomic E-state index is 12.8. The second kappa shape index (κ2) is 11.4. The number of amides is 2. The van der Waals surface area contributed by atoms with E-state index in [-0.39, 0.29) is 11.9 Å². The zero-order valence-corrected chi connectivity index (χ0v) is 21.6. The molecule has 190 valence electrons. The normalized spacial score (nSPS) is 14.5. The van der Waals surface area contributed by atoms with Crippen molar-refractivity contribution >= 4 is 23.2 Å². The molecule has 1 aliphatic heterocycles. The lowest BCUT2D eigenvalue weighted by Gasteiger charge is -2.40. The molecule has 0 unspecified atom stereocenters. The van der Waals surface area contributed by atoms with E-state index in [4.69, 9.17) is 5.73 Å². The highest BCUT2D eigenvalue weighted by Gasteiger charge is 2.27. The van der Waals surface area contributed by atoms with Gasteiger partial charge in [0.25, 0.3) is 5.91 Å². The standard InChI is InChI=1S/C29H37N5O2/c1-4-33(5-2)29(36)22-11-13-24(14-12-22)34(26-9-6-8-23(20-26)28(30)35)25-15-18-32(19-16-25)21-27-10-7-17-31(27)3/h6-14,17,20,25H,4-5,15-16,18-19,21H2,1-3H3,(H2,30,35). The van der Waals surface area contributed by atoms with E-state index in [0.717, 1.165) is 43.9 Å². The second-order valence-corrected chi connectivity index (χ2v) is 9.43. The van der Waals surface area contributed by atoms with E-state index in [9.17, 15) is 9.59 Å². The average molecular weight is 488 g/mol. The van der Waals surface area contributed by atoms with Gasteiger partial charge in [0, 0.05) is 80.2 Å². The van der Waals surface area contributed by atoms with Crippen molar-refractivity contribution in [2.75, 3.05) is 31.1 Å². The van der Waals surface area contributed by atoms with Crippen molar-refractivity contribution in [1.29, 1.82) is 0 Å². The molecule has 7 heteroatoms. The molecule has 7 nitrogen and oxygen atoms in total. The molecule has 0 spiro atoms. The minimum atomic E-state index is -0.436. The summed E-state index contributed by atoms with van der Waals surface area (Å²) in [4.78, 5) is 31.4. The molecule has 3 aromatic rings. The van der Waals surface area contributed by atoms with Crippen molar-refractivity contribution in [3.63, 3.8) is 0 Å². The van der Waals surface area contributed by atoms with Crippen LogP contribution in [0.4, 0.5) is 11.4 Å². The van der Waals surface area contributed by atoms with E-state index in [2.05, 4.69) is 39.7 Å². The van der Waals surface area contributed by atoms with Crippen LogP contribution in [0.3, 0.4) is 0 Å². The molecule has 2 N–H and O–H groups in total. The molecule has 1 fully saturated rings. The number of aromatic nitrogens is 1. The number of carbonyl (C=O) groups is 2. The summed E-state index contributed by atoms with van der Waals surface area (Å²) in [6.45, 7) is 8.27. The number of primary amides is 1.